The van der Waals surface area contributed by atoms with Crippen molar-refractivity contribution in [1.29, 1.82) is 0 Å². The lowest BCUT2D eigenvalue weighted by Gasteiger charge is -2.41. The molecule has 468 valence electrons. The normalized spacial score (nSPS) is 13.7. The largest absolute Gasteiger partial charge is 0.492 e. The van der Waals surface area contributed by atoms with Gasteiger partial charge in [0.1, 0.15) is 18.8 Å². The van der Waals surface area contributed by atoms with E-state index in [1.165, 1.54) is 24.0 Å². The average molecular weight is 1210 g/mol. The third-order valence-electron chi connectivity index (χ3n) is 15.9. The number of quaternary nitrogens is 2. The summed E-state index contributed by atoms with van der Waals surface area (Å²) < 4.78 is 24.5. The van der Waals surface area contributed by atoms with E-state index in [0.29, 0.717) is 65.8 Å². The summed E-state index contributed by atoms with van der Waals surface area (Å²) in [6, 6.07) is 50.6. The highest BCUT2D eigenvalue weighted by atomic mass is 16.5. The fourth-order valence-electron chi connectivity index (χ4n) is 11.7. The van der Waals surface area contributed by atoms with Crippen molar-refractivity contribution in [2.45, 2.75) is 106 Å². The van der Waals surface area contributed by atoms with E-state index < -0.39 is 17.9 Å². The lowest BCUT2D eigenvalue weighted by atomic mass is 10.0. The second-order valence-electron chi connectivity index (χ2n) is 22.5. The topological polar surface area (TPSA) is 179 Å². The zero-order chi connectivity index (χ0) is 63.4. The number of benzene rings is 6. The van der Waals surface area contributed by atoms with Gasteiger partial charge in [0.25, 0.3) is 17.7 Å². The number of amides is 3. The molecule has 3 amide bonds. The number of likely N-dealkylation sites (tertiary alicyclic amines) is 2. The molecule has 0 spiro atoms. The van der Waals surface area contributed by atoms with E-state index in [9.17, 15) is 28.8 Å². The highest BCUT2D eigenvalue weighted by molar-refractivity contribution is 6.04. The van der Waals surface area contributed by atoms with Crippen LogP contribution in [0.1, 0.15) is 126 Å². The predicted molar refractivity (Wildman–Crippen MR) is 348 cm³/mol. The van der Waals surface area contributed by atoms with Gasteiger partial charge in [-0.1, -0.05) is 128 Å². The molecule has 16 heteroatoms. The quantitative estimate of drug-likeness (QED) is 0.0241. The van der Waals surface area contributed by atoms with Crippen LogP contribution in [0.5, 0.6) is 5.75 Å². The smallest absolute Gasteiger partial charge is 0.340 e. The first kappa shape index (κ1) is 67.5. The summed E-state index contributed by atoms with van der Waals surface area (Å²) in [6.07, 6.45) is 11.4. The van der Waals surface area contributed by atoms with Gasteiger partial charge in [-0.3, -0.25) is 14.4 Å². The van der Waals surface area contributed by atoms with Gasteiger partial charge in [-0.25, -0.2) is 14.4 Å². The summed E-state index contributed by atoms with van der Waals surface area (Å²) in [5.41, 5.74) is 8.94. The van der Waals surface area contributed by atoms with Crippen molar-refractivity contribution in [3.8, 4) is 16.9 Å². The Morgan fingerprint density at radius 1 is 0.438 bits per heavy atom. The van der Waals surface area contributed by atoms with Gasteiger partial charge in [-0.15, -0.1) is 0 Å². The van der Waals surface area contributed by atoms with E-state index in [4.69, 9.17) is 18.9 Å². The van der Waals surface area contributed by atoms with Crippen LogP contribution in [0.25, 0.3) is 11.1 Å². The van der Waals surface area contributed by atoms with E-state index in [2.05, 4.69) is 52.3 Å². The Balaban J connectivity index is 0.000000190. The Bertz CT molecular complexity index is 3440. The Morgan fingerprint density at radius 2 is 0.876 bits per heavy atom. The molecule has 3 heterocycles. The Kier molecular flexibility index (Phi) is 26.2. The van der Waals surface area contributed by atoms with Crippen molar-refractivity contribution in [1.82, 2.24) is 0 Å². The number of para-hydroxylation sites is 3. The minimum Gasteiger partial charge on any atom is -0.492 e. The molecule has 3 N–H and O–H groups in total. The molecule has 0 unspecified atom stereocenters. The summed E-state index contributed by atoms with van der Waals surface area (Å²) >= 11 is 0. The predicted octanol–water partition coefficient (Wildman–Crippen LogP) is 12.7. The van der Waals surface area contributed by atoms with Crippen molar-refractivity contribution in [3.63, 3.8) is 0 Å². The molecular weight excluding hydrogens is 1120 g/mol. The van der Waals surface area contributed by atoms with E-state index in [-0.39, 0.29) is 37.5 Å². The molecule has 2 saturated heterocycles. The summed E-state index contributed by atoms with van der Waals surface area (Å²) in [6.45, 7) is 18.9. The molecule has 7 aromatic rings. The van der Waals surface area contributed by atoms with Crippen molar-refractivity contribution in [2.24, 2.45) is 0 Å². The molecule has 0 bridgehead atoms. The van der Waals surface area contributed by atoms with Gasteiger partial charge >= 0.3 is 17.9 Å². The lowest BCUT2D eigenvalue weighted by molar-refractivity contribution is -0.937. The van der Waals surface area contributed by atoms with Crippen molar-refractivity contribution < 1.29 is 61.2 Å². The molecule has 16 nitrogen and oxygen atoms in total. The minimum absolute atomic E-state index is 0.0423. The van der Waals surface area contributed by atoms with Gasteiger partial charge in [0.05, 0.1) is 86.4 Å². The maximum absolute atomic E-state index is 13.2. The molecular formula is C73H89N6O10+3. The molecule has 2 fully saturated rings. The van der Waals surface area contributed by atoms with Crippen molar-refractivity contribution in [2.75, 3.05) is 81.6 Å². The summed E-state index contributed by atoms with van der Waals surface area (Å²) in [5.74, 6) is -1.19. The number of aryl methyl sites for hydroxylation is 2. The first-order chi connectivity index (χ1) is 43.2. The van der Waals surface area contributed by atoms with Crippen LogP contribution >= 0.6 is 0 Å². The molecule has 2 aliphatic rings. The standard InChI is InChI=1S/C25H32N2O4.C25H32N2O3.C23H22N2O3/c1-3-30-22-15-11-14-21(25(29)31-4-2)24(22)26-23(28)19-27(16-9-6-10-17-27)18-20-12-7-5-8-13-20;1-3-21-14-11-15-22(25(29)30-4-2)24(21)26-23(28)19-27(16-9-6-10-17-27)18-20-12-7-5-8-13-20;1-3-28-23(27)20-13-7-9-17(2)22(20)24-21(26)16-25-14-8-12-19(15-25)18-10-5-4-6-11-18/h5,7-8,11-15H,3-4,6,9-10,16-19H2,1-2H3;5,7-8,11-15H,3-4,6,9-10,16-19H2,1-2H3;4-15H,3,16H2,1-2H3/p+3. The van der Waals surface area contributed by atoms with Crippen LogP contribution in [0, 0.1) is 6.92 Å². The fourth-order valence-corrected chi connectivity index (χ4v) is 11.7. The lowest BCUT2D eigenvalue weighted by Crippen LogP contribution is -2.54. The van der Waals surface area contributed by atoms with Gasteiger partial charge < -0.3 is 43.9 Å². The van der Waals surface area contributed by atoms with Crippen molar-refractivity contribution >= 4 is 52.7 Å². The summed E-state index contributed by atoms with van der Waals surface area (Å²) in [7, 11) is 0. The minimum atomic E-state index is -0.467. The van der Waals surface area contributed by atoms with E-state index in [1.54, 1.807) is 57.2 Å². The molecule has 9 rings (SSSR count). The van der Waals surface area contributed by atoms with Crippen LogP contribution in [-0.2, 0) is 54.6 Å². The highest BCUT2D eigenvalue weighted by Crippen LogP contribution is 2.32. The molecule has 0 radical (unpaired) electrons. The van der Waals surface area contributed by atoms with Crippen LogP contribution in [0.15, 0.2) is 170 Å². The zero-order valence-corrected chi connectivity index (χ0v) is 52.7. The monoisotopic (exact) mass is 1210 g/mol. The number of pyridine rings is 1. The van der Waals surface area contributed by atoms with E-state index in [0.717, 1.165) is 103 Å². The van der Waals surface area contributed by atoms with Crippen LogP contribution in [0.3, 0.4) is 0 Å². The maximum Gasteiger partial charge on any atom is 0.340 e. The van der Waals surface area contributed by atoms with E-state index in [1.807, 2.05) is 123 Å². The first-order valence-electron chi connectivity index (χ1n) is 31.4. The number of carbonyl (C=O) groups excluding carboxylic acids is 6. The number of hydrogen-bond acceptors (Lipinski definition) is 10. The summed E-state index contributed by atoms with van der Waals surface area (Å²) in [4.78, 5) is 76.1. The zero-order valence-electron chi connectivity index (χ0n) is 52.7. The first-order valence-corrected chi connectivity index (χ1v) is 31.4. The van der Waals surface area contributed by atoms with Crippen molar-refractivity contribution in [3.05, 3.63) is 209 Å². The number of nitrogens with zero attached hydrogens (tertiary/aromatic N) is 3. The van der Waals surface area contributed by atoms with Gasteiger partial charge in [-0.05, 0) is 127 Å². The molecule has 0 atom stereocenters. The van der Waals surface area contributed by atoms with Crippen LogP contribution < -0.4 is 25.3 Å². The molecule has 0 aliphatic carbocycles. The number of nitrogens with one attached hydrogen (secondary N) is 3. The number of aromatic nitrogens is 1. The Labute approximate surface area is 525 Å². The van der Waals surface area contributed by atoms with Gasteiger partial charge in [0.15, 0.2) is 25.5 Å². The molecule has 0 saturated carbocycles. The molecule has 1 aromatic heterocycles. The number of ether oxygens (including phenoxy) is 4. The molecule has 6 aromatic carbocycles. The number of anilines is 3. The van der Waals surface area contributed by atoms with Gasteiger partial charge in [-0.2, -0.15) is 4.57 Å². The Hall–Kier alpha value is -8.99. The molecule has 89 heavy (non-hydrogen) atoms. The maximum atomic E-state index is 13.2. The fraction of sp³-hybridized carbons (Fsp3) is 0.356. The summed E-state index contributed by atoms with van der Waals surface area (Å²) in [5, 5.41) is 8.92. The molecule has 2 aliphatic heterocycles. The number of esters is 3. The average Bonchev–Trinajstić information content (AvgIpc) is 2.75. The Morgan fingerprint density at radius 3 is 1.37 bits per heavy atom. The van der Waals surface area contributed by atoms with Gasteiger partial charge in [0, 0.05) is 22.8 Å². The van der Waals surface area contributed by atoms with Crippen LogP contribution in [0.2, 0.25) is 0 Å². The number of rotatable bonds is 23. The van der Waals surface area contributed by atoms with Gasteiger partial charge in [0.2, 0.25) is 6.54 Å². The SMILES string of the molecule is CCOC(=O)c1cccc(C)c1NC(=O)C[n+]1cccc(-c2ccccc2)c1.CCOC(=O)c1cccc(CC)c1NC(=O)C[N+]1(Cc2ccccc2)CCCCC1.CCOC(=O)c1cccc(OCC)c1NC(=O)C[N+]1(Cc2ccccc2)CCCCC1. The third-order valence-corrected chi connectivity index (χ3v) is 15.9. The highest BCUT2D eigenvalue weighted by Gasteiger charge is 2.35. The van der Waals surface area contributed by atoms with Crippen LogP contribution in [-0.4, -0.2) is 110 Å². The number of piperidine rings is 2. The van der Waals surface area contributed by atoms with Crippen LogP contribution in [0.4, 0.5) is 17.1 Å². The van der Waals surface area contributed by atoms with E-state index >= 15 is 0 Å². The second-order valence-corrected chi connectivity index (χ2v) is 22.5. The number of carbonyl (C=O) groups is 6. The number of hydrogen-bond donors (Lipinski definition) is 3. The third kappa shape index (κ3) is 20.0. The second kappa shape index (κ2) is 34.5.